The Morgan fingerprint density at radius 3 is 2.43 bits per heavy atom. The minimum atomic E-state index is 0.264. The molecule has 1 fully saturated rings. The molecule has 4 rings (SSSR count). The lowest BCUT2D eigenvalue weighted by atomic mass is 9.63. The molecule has 2 aliphatic heterocycles. The predicted octanol–water partition coefficient (Wildman–Crippen LogP) is 7.35. The van der Waals surface area contributed by atoms with E-state index in [9.17, 15) is 0 Å². The molecule has 0 saturated carbocycles. The number of nitrogens with zero attached hydrogens (tertiary/aromatic N) is 1. The van der Waals surface area contributed by atoms with Gasteiger partial charge in [-0.3, -0.25) is 0 Å². The molecule has 0 atom stereocenters. The van der Waals surface area contributed by atoms with E-state index in [2.05, 4.69) is 67.6 Å². The SMILES string of the molecule is CC1(C)CCC(C)(C)c2cc(C3=CSC(N4CCC(NCCCCCCO)CC4)=CCC3)ccc21. The van der Waals surface area contributed by atoms with Crippen LogP contribution in [0.15, 0.2) is 34.7 Å². The summed E-state index contributed by atoms with van der Waals surface area (Å²) in [5.41, 5.74) is 6.60. The number of aliphatic hydroxyl groups is 1. The highest BCUT2D eigenvalue weighted by atomic mass is 32.2. The third kappa shape index (κ3) is 6.76. The smallest absolute Gasteiger partial charge is 0.0709 e. The third-order valence-corrected chi connectivity index (χ3v) is 9.67. The van der Waals surface area contributed by atoms with Crippen molar-refractivity contribution in [2.24, 2.45) is 0 Å². The molecule has 194 valence electrons. The van der Waals surface area contributed by atoms with E-state index in [0.29, 0.717) is 12.6 Å². The van der Waals surface area contributed by atoms with E-state index >= 15 is 0 Å². The highest BCUT2D eigenvalue weighted by Gasteiger charge is 2.37. The number of rotatable bonds is 9. The van der Waals surface area contributed by atoms with Crippen LogP contribution in [0.2, 0.25) is 0 Å². The van der Waals surface area contributed by atoms with E-state index < -0.39 is 0 Å². The second kappa shape index (κ2) is 11.9. The molecule has 1 aliphatic carbocycles. The first-order valence-corrected chi connectivity index (χ1v) is 15.0. The molecule has 2 N–H and O–H groups in total. The molecule has 0 aromatic heterocycles. The van der Waals surface area contributed by atoms with Gasteiger partial charge in [-0.05, 0) is 96.4 Å². The van der Waals surface area contributed by atoms with Gasteiger partial charge in [0, 0.05) is 25.7 Å². The van der Waals surface area contributed by atoms with E-state index in [0.717, 1.165) is 45.3 Å². The number of hydrogen-bond acceptors (Lipinski definition) is 4. The zero-order valence-corrected chi connectivity index (χ0v) is 23.5. The zero-order chi connectivity index (χ0) is 24.9. The van der Waals surface area contributed by atoms with Gasteiger partial charge in [0.05, 0.1) is 5.03 Å². The number of benzene rings is 1. The molecule has 35 heavy (non-hydrogen) atoms. The van der Waals surface area contributed by atoms with Crippen LogP contribution in [0.1, 0.15) is 109 Å². The molecule has 0 spiro atoms. The Labute approximate surface area is 218 Å². The zero-order valence-electron chi connectivity index (χ0n) is 22.7. The molecular formula is C31H48N2OS. The quantitative estimate of drug-likeness (QED) is 0.350. The number of hydrogen-bond donors (Lipinski definition) is 2. The van der Waals surface area contributed by atoms with E-state index in [1.165, 1.54) is 54.7 Å². The Bertz CT molecular complexity index is 909. The third-order valence-electron chi connectivity index (χ3n) is 8.60. The van der Waals surface area contributed by atoms with Gasteiger partial charge < -0.3 is 15.3 Å². The summed E-state index contributed by atoms with van der Waals surface area (Å²) < 4.78 is 0. The fourth-order valence-corrected chi connectivity index (χ4v) is 7.06. The lowest BCUT2D eigenvalue weighted by Crippen LogP contribution is -2.41. The summed E-state index contributed by atoms with van der Waals surface area (Å²) in [5, 5.41) is 16.6. The van der Waals surface area contributed by atoms with Crippen molar-refractivity contribution >= 4 is 17.3 Å². The molecule has 1 aromatic rings. The minimum Gasteiger partial charge on any atom is -0.396 e. The number of unbranched alkanes of at least 4 members (excludes halogenated alkanes) is 3. The number of thioether (sulfide) groups is 1. The molecule has 2 heterocycles. The van der Waals surface area contributed by atoms with Crippen LogP contribution in [-0.2, 0) is 10.8 Å². The summed E-state index contributed by atoms with van der Waals surface area (Å²) >= 11 is 1.95. The van der Waals surface area contributed by atoms with Crippen LogP contribution in [0, 0.1) is 0 Å². The Morgan fingerprint density at radius 1 is 0.971 bits per heavy atom. The predicted molar refractivity (Wildman–Crippen MR) is 153 cm³/mol. The van der Waals surface area contributed by atoms with Gasteiger partial charge in [0.15, 0.2) is 0 Å². The normalized spacial score (nSPS) is 22.3. The number of piperidine rings is 1. The minimum absolute atomic E-state index is 0.264. The first-order valence-electron chi connectivity index (χ1n) is 14.1. The molecule has 0 radical (unpaired) electrons. The maximum absolute atomic E-state index is 8.90. The molecular weight excluding hydrogens is 448 g/mol. The van der Waals surface area contributed by atoms with Crippen molar-refractivity contribution in [1.82, 2.24) is 10.2 Å². The number of nitrogens with one attached hydrogen (secondary N) is 1. The lowest BCUT2D eigenvalue weighted by Gasteiger charge is -2.42. The summed E-state index contributed by atoms with van der Waals surface area (Å²) in [6.45, 7) is 13.5. The second-order valence-corrected chi connectivity index (χ2v) is 13.1. The van der Waals surface area contributed by atoms with E-state index in [1.54, 1.807) is 11.1 Å². The van der Waals surface area contributed by atoms with Gasteiger partial charge in [0.2, 0.25) is 0 Å². The Kier molecular flexibility index (Phi) is 9.10. The Morgan fingerprint density at radius 2 is 1.69 bits per heavy atom. The van der Waals surface area contributed by atoms with Crippen LogP contribution in [0.3, 0.4) is 0 Å². The van der Waals surface area contributed by atoms with E-state index in [4.69, 9.17) is 5.11 Å². The molecule has 0 bridgehead atoms. The average molecular weight is 497 g/mol. The largest absolute Gasteiger partial charge is 0.396 e. The van der Waals surface area contributed by atoms with E-state index in [1.807, 2.05) is 11.8 Å². The number of aliphatic hydroxyl groups excluding tert-OH is 1. The summed E-state index contributed by atoms with van der Waals surface area (Å²) in [6, 6.07) is 8.00. The van der Waals surface area contributed by atoms with Gasteiger partial charge >= 0.3 is 0 Å². The van der Waals surface area contributed by atoms with Crippen LogP contribution in [0.4, 0.5) is 0 Å². The number of likely N-dealkylation sites (tertiary alicyclic amines) is 1. The first-order chi connectivity index (χ1) is 16.8. The summed E-state index contributed by atoms with van der Waals surface area (Å²) in [5.74, 6) is 0. The topological polar surface area (TPSA) is 35.5 Å². The van der Waals surface area contributed by atoms with Crippen LogP contribution in [-0.4, -0.2) is 42.3 Å². The van der Waals surface area contributed by atoms with Gasteiger partial charge in [-0.2, -0.15) is 0 Å². The Balaban J connectivity index is 1.32. The van der Waals surface area contributed by atoms with Crippen LogP contribution >= 0.6 is 11.8 Å². The highest BCUT2D eigenvalue weighted by Crippen LogP contribution is 2.47. The van der Waals surface area contributed by atoms with Gasteiger partial charge in [-0.25, -0.2) is 0 Å². The summed E-state index contributed by atoms with van der Waals surface area (Å²) in [4.78, 5) is 2.61. The molecule has 1 aromatic carbocycles. The van der Waals surface area contributed by atoms with Crippen LogP contribution in [0.5, 0.6) is 0 Å². The van der Waals surface area contributed by atoms with Crippen molar-refractivity contribution in [3.05, 3.63) is 51.4 Å². The number of fused-ring (bicyclic) bond motifs is 1. The van der Waals surface area contributed by atoms with Crippen LogP contribution in [0.25, 0.3) is 5.57 Å². The monoisotopic (exact) mass is 496 g/mol. The second-order valence-electron chi connectivity index (χ2n) is 12.2. The Hall–Kier alpha value is -1.23. The maximum Gasteiger partial charge on any atom is 0.0709 e. The van der Waals surface area contributed by atoms with Crippen molar-refractivity contribution < 1.29 is 5.11 Å². The molecule has 3 aliphatic rings. The van der Waals surface area contributed by atoms with Crippen LogP contribution < -0.4 is 5.32 Å². The molecule has 1 saturated heterocycles. The van der Waals surface area contributed by atoms with Crippen molar-refractivity contribution in [3.8, 4) is 0 Å². The lowest BCUT2D eigenvalue weighted by molar-refractivity contribution is 0.252. The summed E-state index contributed by atoms with van der Waals surface area (Å²) in [7, 11) is 0. The van der Waals surface area contributed by atoms with Gasteiger partial charge in [0.1, 0.15) is 0 Å². The number of allylic oxidation sites excluding steroid dienone is 2. The molecule has 0 amide bonds. The van der Waals surface area contributed by atoms with Crippen molar-refractivity contribution in [1.29, 1.82) is 0 Å². The summed E-state index contributed by atoms with van der Waals surface area (Å²) in [6.07, 6.45) is 14.3. The fourth-order valence-electron chi connectivity index (χ4n) is 5.99. The first kappa shape index (κ1) is 26.8. The van der Waals surface area contributed by atoms with Gasteiger partial charge in [-0.1, -0.05) is 76.6 Å². The van der Waals surface area contributed by atoms with Crippen molar-refractivity contribution in [3.63, 3.8) is 0 Å². The van der Waals surface area contributed by atoms with Gasteiger partial charge in [0.25, 0.3) is 0 Å². The molecule has 4 heteroatoms. The average Bonchev–Trinajstić information content (AvgIpc) is 3.11. The maximum atomic E-state index is 8.90. The van der Waals surface area contributed by atoms with Crippen molar-refractivity contribution in [2.45, 2.75) is 109 Å². The molecule has 3 nitrogen and oxygen atoms in total. The van der Waals surface area contributed by atoms with Crippen molar-refractivity contribution in [2.75, 3.05) is 26.2 Å². The fraction of sp³-hybridized carbons (Fsp3) is 0.677. The molecule has 0 unspecified atom stereocenters. The van der Waals surface area contributed by atoms with Gasteiger partial charge in [-0.15, -0.1) is 0 Å². The van der Waals surface area contributed by atoms with E-state index in [-0.39, 0.29) is 10.8 Å². The highest BCUT2D eigenvalue weighted by molar-refractivity contribution is 8.05. The standard InChI is InChI=1S/C31H48N2OS/c1-30(2)16-17-31(3,4)28-22-24(12-13-27(28)30)25-10-9-11-29(35-23-25)33-19-14-26(15-20-33)32-18-7-5-6-8-21-34/h11-13,22-23,26,32,34H,5-10,14-21H2,1-4H3.